The predicted octanol–water partition coefficient (Wildman–Crippen LogP) is 15.3. The Morgan fingerprint density at radius 2 is 0.907 bits per heavy atom. The van der Waals surface area contributed by atoms with Crippen molar-refractivity contribution in [2.75, 3.05) is 4.90 Å². The number of nitrogens with zero attached hydrogens (tertiary/aromatic N) is 1. The summed E-state index contributed by atoms with van der Waals surface area (Å²) in [5.41, 5.74) is 13.1. The van der Waals surface area contributed by atoms with Gasteiger partial charge in [-0.15, -0.1) is 11.3 Å². The van der Waals surface area contributed by atoms with Gasteiger partial charge in [0.05, 0.1) is 10.4 Å². The highest BCUT2D eigenvalue weighted by atomic mass is 32.1. The second-order valence-electron chi connectivity index (χ2n) is 13.7. The minimum atomic E-state index is 1.11. The zero-order valence-corrected chi connectivity index (χ0v) is 30.4. The number of hydrogen-bond acceptors (Lipinski definition) is 2. The van der Waals surface area contributed by atoms with Gasteiger partial charge in [-0.3, -0.25) is 0 Å². The molecule has 0 aliphatic rings. The summed E-state index contributed by atoms with van der Waals surface area (Å²) in [6, 6.07) is 77.1. The van der Waals surface area contributed by atoms with Crippen LogP contribution in [0.15, 0.2) is 212 Å². The predicted molar refractivity (Wildman–Crippen MR) is 233 cm³/mol. The highest BCUT2D eigenvalue weighted by Gasteiger charge is 2.20. The van der Waals surface area contributed by atoms with Gasteiger partial charge in [-0.25, -0.2) is 0 Å². The number of anilines is 3. The fourth-order valence-corrected chi connectivity index (χ4v) is 9.06. The molecule has 0 atom stereocenters. The van der Waals surface area contributed by atoms with E-state index in [9.17, 15) is 0 Å². The monoisotopic (exact) mass is 705 g/mol. The molecule has 0 aliphatic heterocycles. The van der Waals surface area contributed by atoms with Gasteiger partial charge in [-0.05, 0) is 97.7 Å². The number of rotatable bonds is 7. The molecule has 10 aromatic rings. The maximum Gasteiger partial charge on any atom is 0.0640 e. The van der Waals surface area contributed by atoms with Crippen molar-refractivity contribution in [3.8, 4) is 44.5 Å². The Labute approximate surface area is 319 Å². The molecule has 0 radical (unpaired) electrons. The molecule has 0 saturated carbocycles. The van der Waals surface area contributed by atoms with Crippen molar-refractivity contribution in [2.45, 2.75) is 0 Å². The Morgan fingerprint density at radius 3 is 1.67 bits per heavy atom. The summed E-state index contributed by atoms with van der Waals surface area (Å²) < 4.78 is 2.57. The minimum absolute atomic E-state index is 1.11. The lowest BCUT2D eigenvalue weighted by Crippen LogP contribution is -2.10. The fourth-order valence-electron chi connectivity index (χ4n) is 7.86. The number of hydrogen-bond donors (Lipinski definition) is 0. The van der Waals surface area contributed by atoms with Gasteiger partial charge in [-0.2, -0.15) is 0 Å². The Hall–Kier alpha value is -6.74. The molecule has 0 saturated heterocycles. The van der Waals surface area contributed by atoms with Crippen LogP contribution in [0.5, 0.6) is 0 Å². The molecule has 0 aliphatic carbocycles. The van der Waals surface area contributed by atoms with Crippen molar-refractivity contribution >= 4 is 59.3 Å². The third-order valence-electron chi connectivity index (χ3n) is 10.5. The van der Waals surface area contributed by atoms with Crippen LogP contribution in [-0.2, 0) is 0 Å². The molecule has 0 N–H and O–H groups in total. The molecule has 254 valence electrons. The van der Waals surface area contributed by atoms with E-state index in [2.05, 4.69) is 217 Å². The van der Waals surface area contributed by atoms with E-state index in [1.54, 1.807) is 0 Å². The molecule has 0 spiro atoms. The number of thiophene rings is 1. The van der Waals surface area contributed by atoms with Gasteiger partial charge in [0.15, 0.2) is 0 Å². The van der Waals surface area contributed by atoms with Gasteiger partial charge in [0.1, 0.15) is 0 Å². The van der Waals surface area contributed by atoms with E-state index >= 15 is 0 Å². The summed E-state index contributed by atoms with van der Waals surface area (Å²) in [5, 5.41) is 5.07. The molecule has 0 bridgehead atoms. The lowest BCUT2D eigenvalue weighted by Gasteiger charge is -2.27. The molecular formula is C52H35NS. The molecule has 1 aromatic heterocycles. The lowest BCUT2D eigenvalue weighted by atomic mass is 9.93. The fraction of sp³-hybridized carbons (Fsp3) is 0. The van der Waals surface area contributed by atoms with Gasteiger partial charge in [0.25, 0.3) is 0 Å². The quantitative estimate of drug-likeness (QED) is 0.160. The molecule has 54 heavy (non-hydrogen) atoms. The van der Waals surface area contributed by atoms with Crippen molar-refractivity contribution in [3.63, 3.8) is 0 Å². The van der Waals surface area contributed by atoms with E-state index in [0.29, 0.717) is 0 Å². The van der Waals surface area contributed by atoms with Crippen molar-refractivity contribution in [2.24, 2.45) is 0 Å². The van der Waals surface area contributed by atoms with Crippen LogP contribution in [0.25, 0.3) is 75.5 Å². The maximum absolute atomic E-state index is 2.44. The van der Waals surface area contributed by atoms with Crippen LogP contribution in [0.3, 0.4) is 0 Å². The maximum atomic E-state index is 2.44. The molecule has 2 heteroatoms. The van der Waals surface area contributed by atoms with E-state index in [4.69, 9.17) is 0 Å². The van der Waals surface area contributed by atoms with Crippen LogP contribution < -0.4 is 4.90 Å². The van der Waals surface area contributed by atoms with Crippen LogP contribution >= 0.6 is 11.3 Å². The first-order chi connectivity index (χ1) is 26.8. The van der Waals surface area contributed by atoms with Crippen LogP contribution in [0.4, 0.5) is 17.1 Å². The molecule has 0 fully saturated rings. The first-order valence-corrected chi connectivity index (χ1v) is 19.2. The molecule has 0 amide bonds. The molecule has 9 aromatic carbocycles. The van der Waals surface area contributed by atoms with E-state index in [-0.39, 0.29) is 0 Å². The Morgan fingerprint density at radius 1 is 0.315 bits per heavy atom. The van der Waals surface area contributed by atoms with E-state index in [1.807, 2.05) is 11.3 Å². The summed E-state index contributed by atoms with van der Waals surface area (Å²) in [4.78, 5) is 2.44. The smallest absolute Gasteiger partial charge is 0.0640 e. The average Bonchev–Trinajstić information content (AvgIpc) is 3.64. The van der Waals surface area contributed by atoms with Crippen LogP contribution in [0.1, 0.15) is 0 Å². The van der Waals surface area contributed by atoms with Gasteiger partial charge in [0.2, 0.25) is 0 Å². The lowest BCUT2D eigenvalue weighted by molar-refractivity contribution is 1.30. The largest absolute Gasteiger partial charge is 0.309 e. The molecular weight excluding hydrogens is 671 g/mol. The number of fused-ring (bicyclic) bond motifs is 4. The molecule has 1 heterocycles. The van der Waals surface area contributed by atoms with Gasteiger partial charge in [-0.1, -0.05) is 170 Å². The normalized spacial score (nSPS) is 11.3. The zero-order valence-electron chi connectivity index (χ0n) is 29.6. The second kappa shape index (κ2) is 13.7. The van der Waals surface area contributed by atoms with Crippen molar-refractivity contribution < 1.29 is 0 Å². The van der Waals surface area contributed by atoms with Gasteiger partial charge >= 0.3 is 0 Å². The third-order valence-corrected chi connectivity index (χ3v) is 11.7. The van der Waals surface area contributed by atoms with Crippen LogP contribution in [-0.4, -0.2) is 0 Å². The van der Waals surface area contributed by atoms with Gasteiger partial charge < -0.3 is 4.90 Å². The van der Waals surface area contributed by atoms with Crippen LogP contribution in [0, 0.1) is 0 Å². The SMILES string of the molecule is c1ccc(-c2ccc3cccc(-c4ccc(N(c5ccc(-c6ccccc6)c(-c6ccccc6)c5)c5cccc6c5sc5ccccc56)cc4)c3c2)cc1. The molecule has 0 unspecified atom stereocenters. The van der Waals surface area contributed by atoms with E-state index < -0.39 is 0 Å². The highest BCUT2D eigenvalue weighted by molar-refractivity contribution is 7.26. The van der Waals surface area contributed by atoms with Crippen LogP contribution in [0.2, 0.25) is 0 Å². The third kappa shape index (κ3) is 5.74. The second-order valence-corrected chi connectivity index (χ2v) is 14.8. The summed E-state index contributed by atoms with van der Waals surface area (Å²) in [6.45, 7) is 0. The summed E-state index contributed by atoms with van der Waals surface area (Å²) in [7, 11) is 0. The standard InChI is InChI=1S/C52H35NS/c1-4-14-36(15-5-1)41-27-26-39-20-12-22-44(48(39)34-41)40-28-30-42(31-29-40)53(50-24-13-23-47-46-21-10-11-25-51(46)54-52(47)50)43-32-33-45(37-16-6-2-7-17-37)49(35-43)38-18-8-3-9-19-38/h1-35H. The molecule has 1 nitrogen and oxygen atoms in total. The average molecular weight is 706 g/mol. The van der Waals surface area contributed by atoms with E-state index in [1.165, 1.54) is 81.1 Å². The zero-order chi connectivity index (χ0) is 35.8. The first-order valence-electron chi connectivity index (χ1n) is 18.4. The van der Waals surface area contributed by atoms with Crippen molar-refractivity contribution in [1.29, 1.82) is 0 Å². The Balaban J connectivity index is 1.15. The van der Waals surface area contributed by atoms with E-state index in [0.717, 1.165) is 11.4 Å². The molecule has 10 rings (SSSR count). The summed E-state index contributed by atoms with van der Waals surface area (Å²) in [6.07, 6.45) is 0. The van der Waals surface area contributed by atoms with Crippen molar-refractivity contribution in [3.05, 3.63) is 212 Å². The Bertz CT molecular complexity index is 2910. The Kier molecular flexibility index (Phi) is 8.09. The van der Waals surface area contributed by atoms with Crippen molar-refractivity contribution in [1.82, 2.24) is 0 Å². The minimum Gasteiger partial charge on any atom is -0.309 e. The van der Waals surface area contributed by atoms with Gasteiger partial charge in [0, 0.05) is 26.8 Å². The topological polar surface area (TPSA) is 3.24 Å². The summed E-state index contributed by atoms with van der Waals surface area (Å²) >= 11 is 1.87. The highest BCUT2D eigenvalue weighted by Crippen LogP contribution is 2.47. The first kappa shape index (κ1) is 32.0. The number of benzene rings is 9. The summed E-state index contributed by atoms with van der Waals surface area (Å²) in [5.74, 6) is 0.